The lowest BCUT2D eigenvalue weighted by Gasteiger charge is -2.31. The number of hydrogen-bond donors (Lipinski definition) is 3. The normalized spacial score (nSPS) is 15.0. The summed E-state index contributed by atoms with van der Waals surface area (Å²) in [7, 11) is -3.65. The van der Waals surface area contributed by atoms with E-state index in [1.807, 2.05) is 12.1 Å². The highest BCUT2D eigenvalue weighted by molar-refractivity contribution is 7.90. The second-order valence-electron chi connectivity index (χ2n) is 9.17. The lowest BCUT2D eigenvalue weighted by molar-refractivity contribution is 0.433. The molecule has 40 heavy (non-hydrogen) atoms. The molecule has 1 atom stereocenters. The van der Waals surface area contributed by atoms with Gasteiger partial charge in [0.05, 0.1) is 28.1 Å². The molecule has 0 spiro atoms. The van der Waals surface area contributed by atoms with Crippen molar-refractivity contribution in [1.82, 2.24) is 9.97 Å². The highest BCUT2D eigenvalue weighted by Crippen LogP contribution is 2.37. The molecule has 2 aromatic heterocycles. The fourth-order valence-electron chi connectivity index (χ4n) is 4.51. The number of hydrogen-bond acceptors (Lipinski definition) is 8. The molecule has 5 rings (SSSR count). The number of sulfone groups is 1. The van der Waals surface area contributed by atoms with Gasteiger partial charge in [-0.25, -0.2) is 17.8 Å². The molecule has 1 saturated heterocycles. The lowest BCUT2D eigenvalue weighted by Crippen LogP contribution is -2.43. The first-order chi connectivity index (χ1) is 17.6. The fraction of sp³-hybridized carbons (Fsp3) is 0.231. The van der Waals surface area contributed by atoms with Crippen LogP contribution in [-0.2, 0) is 9.84 Å². The second kappa shape index (κ2) is 13.4. The van der Waals surface area contributed by atoms with Crippen LogP contribution in [0.3, 0.4) is 0 Å². The first-order valence-electron chi connectivity index (χ1n) is 11.6. The minimum absolute atomic E-state index is 0. The molecule has 3 heterocycles. The maximum atomic E-state index is 14.2. The van der Waals surface area contributed by atoms with E-state index in [0.29, 0.717) is 33.4 Å². The van der Waals surface area contributed by atoms with Gasteiger partial charge in [0, 0.05) is 37.0 Å². The second-order valence-corrected chi connectivity index (χ2v) is 11.6. The summed E-state index contributed by atoms with van der Waals surface area (Å²) in [6.07, 6.45) is 6.06. The molecule has 0 radical (unpaired) electrons. The molecular weight excluding hydrogens is 623 g/mol. The number of pyridine rings is 2. The fourth-order valence-corrected chi connectivity index (χ4v) is 5.49. The molecule has 216 valence electrons. The van der Waals surface area contributed by atoms with E-state index in [1.165, 1.54) is 18.3 Å². The van der Waals surface area contributed by atoms with Crippen LogP contribution in [-0.4, -0.2) is 48.9 Å². The van der Waals surface area contributed by atoms with Gasteiger partial charge in [0.15, 0.2) is 21.4 Å². The number of rotatable bonds is 5. The van der Waals surface area contributed by atoms with Crippen molar-refractivity contribution in [3.63, 3.8) is 0 Å². The predicted octanol–water partition coefficient (Wildman–Crippen LogP) is 6.13. The SMILES string of the molecule is CS(=O)(=O)c1cnc2ccc(-c3cc(F)c(O)c(Cl)c3)cc2c1Nc1ccc(N2CCCC(N)C2)nc1.Cl.Cl.Cl. The van der Waals surface area contributed by atoms with Gasteiger partial charge < -0.3 is 21.1 Å². The third kappa shape index (κ3) is 6.99. The molecule has 1 unspecified atom stereocenters. The summed E-state index contributed by atoms with van der Waals surface area (Å²) in [6.45, 7) is 1.61. The zero-order valence-electron chi connectivity index (χ0n) is 21.2. The number of phenolic OH excluding ortho intramolecular Hbond substituents is 1. The number of halogens is 5. The first-order valence-corrected chi connectivity index (χ1v) is 13.9. The van der Waals surface area contributed by atoms with Gasteiger partial charge in [-0.15, -0.1) is 37.2 Å². The molecule has 1 aliphatic heterocycles. The van der Waals surface area contributed by atoms with Crippen molar-refractivity contribution in [3.05, 3.63) is 65.7 Å². The Hall–Kier alpha value is -2.60. The molecule has 8 nitrogen and oxygen atoms in total. The zero-order valence-corrected chi connectivity index (χ0v) is 25.2. The van der Waals surface area contributed by atoms with E-state index >= 15 is 0 Å². The lowest BCUT2D eigenvalue weighted by atomic mass is 10.0. The molecule has 0 saturated carbocycles. The highest BCUT2D eigenvalue weighted by atomic mass is 35.5. The van der Waals surface area contributed by atoms with Crippen LogP contribution < -0.4 is 16.0 Å². The van der Waals surface area contributed by atoms with E-state index in [-0.39, 0.29) is 53.2 Å². The van der Waals surface area contributed by atoms with Gasteiger partial charge in [-0.2, -0.15) is 0 Å². The number of nitrogens with two attached hydrogens (primary N) is 1. The number of fused-ring (bicyclic) bond motifs is 1. The summed E-state index contributed by atoms with van der Waals surface area (Å²) < 4.78 is 39.5. The van der Waals surface area contributed by atoms with E-state index in [9.17, 15) is 17.9 Å². The summed E-state index contributed by atoms with van der Waals surface area (Å²) in [5.74, 6) is -0.681. The van der Waals surface area contributed by atoms with Crippen molar-refractivity contribution in [2.75, 3.05) is 29.6 Å². The molecule has 4 aromatic rings. The third-order valence-corrected chi connectivity index (χ3v) is 7.78. The molecule has 0 aliphatic carbocycles. The van der Waals surface area contributed by atoms with Crippen molar-refractivity contribution in [2.45, 2.75) is 23.8 Å². The Labute approximate surface area is 255 Å². The van der Waals surface area contributed by atoms with Gasteiger partial charge in [-0.1, -0.05) is 17.7 Å². The smallest absolute Gasteiger partial charge is 0.179 e. The van der Waals surface area contributed by atoms with Crippen LogP contribution in [0, 0.1) is 5.82 Å². The monoisotopic (exact) mass is 649 g/mol. The van der Waals surface area contributed by atoms with Crippen molar-refractivity contribution < 1.29 is 17.9 Å². The highest BCUT2D eigenvalue weighted by Gasteiger charge is 2.20. The van der Waals surface area contributed by atoms with Crippen molar-refractivity contribution >= 4 is 86.8 Å². The van der Waals surface area contributed by atoms with Crippen LogP contribution >= 0.6 is 48.8 Å². The molecule has 4 N–H and O–H groups in total. The van der Waals surface area contributed by atoms with Crippen molar-refractivity contribution in [1.29, 1.82) is 0 Å². The predicted molar refractivity (Wildman–Crippen MR) is 166 cm³/mol. The third-order valence-electron chi connectivity index (χ3n) is 6.38. The Kier molecular flexibility index (Phi) is 11.2. The van der Waals surface area contributed by atoms with Gasteiger partial charge in [0.1, 0.15) is 10.7 Å². The zero-order chi connectivity index (χ0) is 26.3. The average molecular weight is 651 g/mol. The Morgan fingerprint density at radius 1 is 1.07 bits per heavy atom. The minimum Gasteiger partial charge on any atom is -0.504 e. The number of anilines is 3. The van der Waals surface area contributed by atoms with Gasteiger partial charge in [0.2, 0.25) is 0 Å². The molecule has 1 aliphatic rings. The number of nitrogens with zero attached hydrogens (tertiary/aromatic N) is 3. The molecule has 14 heteroatoms. The van der Waals surface area contributed by atoms with Crippen LogP contribution in [0.15, 0.2) is 59.8 Å². The number of nitrogens with one attached hydrogen (secondary N) is 1. The topological polar surface area (TPSA) is 121 Å². The summed E-state index contributed by atoms with van der Waals surface area (Å²) in [5, 5.41) is 13.3. The quantitative estimate of drug-likeness (QED) is 0.236. The van der Waals surface area contributed by atoms with Crippen molar-refractivity contribution in [2.24, 2.45) is 5.73 Å². The van der Waals surface area contributed by atoms with Crippen LogP contribution in [0.5, 0.6) is 5.75 Å². The standard InChI is InChI=1S/C26H25ClFN5O3S.3ClH/c1-37(35,36)23-13-30-22-6-4-15(16-10-20(27)26(34)21(28)11-16)9-19(22)25(23)32-18-5-7-24(31-12-18)33-8-2-3-17(29)14-33;;;/h4-7,9-13,17,34H,2-3,8,14,29H2,1H3,(H,30,32);3*1H. The average Bonchev–Trinajstić information content (AvgIpc) is 2.86. The summed E-state index contributed by atoms with van der Waals surface area (Å²) in [4.78, 5) is 11.0. The minimum atomic E-state index is -3.65. The molecule has 0 amide bonds. The maximum absolute atomic E-state index is 14.2. The Bertz CT molecular complexity index is 1590. The number of aromatic hydroxyl groups is 1. The van der Waals surface area contributed by atoms with Crippen LogP contribution in [0.25, 0.3) is 22.0 Å². The Morgan fingerprint density at radius 2 is 1.82 bits per heavy atom. The number of benzene rings is 2. The number of piperidine rings is 1. The van der Waals surface area contributed by atoms with E-state index in [0.717, 1.165) is 38.0 Å². The van der Waals surface area contributed by atoms with E-state index in [1.54, 1.807) is 24.4 Å². The molecule has 1 fully saturated rings. The van der Waals surface area contributed by atoms with Crippen molar-refractivity contribution in [3.8, 4) is 16.9 Å². The van der Waals surface area contributed by atoms with Gasteiger partial charge in [0.25, 0.3) is 0 Å². The largest absolute Gasteiger partial charge is 0.504 e. The summed E-state index contributed by atoms with van der Waals surface area (Å²) in [5.41, 5.74) is 8.54. The maximum Gasteiger partial charge on any atom is 0.179 e. The number of phenols is 1. The Morgan fingerprint density at radius 3 is 2.45 bits per heavy atom. The van der Waals surface area contributed by atoms with Crippen LogP contribution in [0.1, 0.15) is 12.8 Å². The summed E-state index contributed by atoms with van der Waals surface area (Å²) in [6, 6.07) is 11.6. The summed E-state index contributed by atoms with van der Waals surface area (Å²) >= 11 is 5.98. The first kappa shape index (κ1) is 33.6. The van der Waals surface area contributed by atoms with Gasteiger partial charge in [-0.05, 0) is 60.4 Å². The van der Waals surface area contributed by atoms with Gasteiger partial charge >= 0.3 is 0 Å². The molecule has 0 bridgehead atoms. The Balaban J connectivity index is 0.00000187. The van der Waals surface area contributed by atoms with E-state index in [2.05, 4.69) is 20.2 Å². The van der Waals surface area contributed by atoms with Crippen LogP contribution in [0.4, 0.5) is 21.6 Å². The molecular formula is C26H28Cl4FN5O3S. The van der Waals surface area contributed by atoms with Gasteiger partial charge in [-0.3, -0.25) is 4.98 Å². The molecule has 2 aromatic carbocycles. The van der Waals surface area contributed by atoms with E-state index in [4.69, 9.17) is 17.3 Å². The van der Waals surface area contributed by atoms with Crippen LogP contribution in [0.2, 0.25) is 5.02 Å². The number of aromatic nitrogens is 2. The van der Waals surface area contributed by atoms with E-state index < -0.39 is 21.4 Å².